The fourth-order valence-corrected chi connectivity index (χ4v) is 3.30. The highest BCUT2D eigenvalue weighted by atomic mass is 127. The Kier molecular flexibility index (Phi) is 6.02. The summed E-state index contributed by atoms with van der Waals surface area (Å²) < 4.78 is 6.39. The predicted molar refractivity (Wildman–Crippen MR) is 67.0 cm³/mol. The molecule has 0 aromatic carbocycles. The van der Waals surface area contributed by atoms with Gasteiger partial charge in [0.15, 0.2) is 0 Å². The Morgan fingerprint density at radius 1 is 1.33 bits per heavy atom. The Balaban J connectivity index is 4.32. The van der Waals surface area contributed by atoms with Gasteiger partial charge in [-0.2, -0.15) is 0 Å². The average Bonchev–Trinajstić information content (AvgIpc) is 2.05. The van der Waals surface area contributed by atoms with Crippen LogP contribution in [0.15, 0.2) is 0 Å². The van der Waals surface area contributed by atoms with Gasteiger partial charge in [-0.1, -0.05) is 36.4 Å². The second kappa shape index (κ2) is 5.60. The smallest absolute Gasteiger partial charge is 0.146 e. The lowest BCUT2D eigenvalue weighted by molar-refractivity contribution is 0.0512. The van der Waals surface area contributed by atoms with Gasteiger partial charge in [0.05, 0.1) is 5.60 Å². The van der Waals surface area contributed by atoms with Crippen LogP contribution in [0.4, 0.5) is 0 Å². The lowest BCUT2D eigenvalue weighted by atomic mass is 9.85. The molecule has 0 rings (SSSR count). The molecule has 1 nitrogen and oxygen atoms in total. The van der Waals surface area contributed by atoms with Crippen LogP contribution < -0.4 is 0 Å². The molecule has 0 bridgehead atoms. The Morgan fingerprint density at radius 3 is 2.08 bits per heavy atom. The van der Waals surface area contributed by atoms with E-state index in [1.165, 1.54) is 12.8 Å². The first-order valence-electron chi connectivity index (χ1n) is 4.68. The Morgan fingerprint density at radius 2 is 1.83 bits per heavy atom. The van der Waals surface area contributed by atoms with E-state index in [0.717, 1.165) is 14.4 Å². The Bertz CT molecular complexity index is 128. The summed E-state index contributed by atoms with van der Waals surface area (Å²) in [5.74, 6) is 0.695. The summed E-state index contributed by atoms with van der Waals surface area (Å²) in [4.78, 5) is 0. The molecule has 0 aliphatic heterocycles. The zero-order valence-electron chi connectivity index (χ0n) is 8.86. The zero-order chi connectivity index (χ0) is 9.78. The number of hydrogen-bond acceptors (Lipinski definition) is 1. The van der Waals surface area contributed by atoms with Gasteiger partial charge >= 0.3 is 0 Å². The lowest BCUT2D eigenvalue weighted by Crippen LogP contribution is -2.38. The summed E-state index contributed by atoms with van der Waals surface area (Å²) >= 11 is 2.55. The van der Waals surface area contributed by atoms with Crippen molar-refractivity contribution in [3.8, 4) is 0 Å². The molecule has 0 amide bonds. The van der Waals surface area contributed by atoms with Crippen LogP contribution in [-0.4, -0.2) is 20.0 Å². The fraction of sp³-hybridized carbons (Fsp3) is 1.00. The third kappa shape index (κ3) is 3.34. The van der Waals surface area contributed by atoms with Gasteiger partial charge in [-0.25, -0.2) is 0 Å². The number of halogens is 1. The standard InChI is InChI=1S/C9H21IOSi/c1-5-7(8(10)6-2)9(3,4)11-12/h7-8H,5-6H2,1-4,12H3. The van der Waals surface area contributed by atoms with Crippen molar-refractivity contribution in [2.24, 2.45) is 5.92 Å². The van der Waals surface area contributed by atoms with Crippen molar-refractivity contribution >= 4 is 33.1 Å². The molecule has 3 heteroatoms. The van der Waals surface area contributed by atoms with Gasteiger partial charge in [0.2, 0.25) is 0 Å². The third-order valence-corrected chi connectivity index (χ3v) is 5.49. The SMILES string of the molecule is CCC(I)C(CC)C(C)(C)O[SiH3]. The van der Waals surface area contributed by atoms with E-state index in [0.29, 0.717) is 5.92 Å². The van der Waals surface area contributed by atoms with Crippen molar-refractivity contribution < 1.29 is 4.43 Å². The summed E-state index contributed by atoms with van der Waals surface area (Å²) in [6.45, 7) is 8.95. The van der Waals surface area contributed by atoms with Crippen LogP contribution in [0.5, 0.6) is 0 Å². The number of hydrogen-bond donors (Lipinski definition) is 0. The minimum absolute atomic E-state index is 0.0861. The molecule has 0 aliphatic rings. The molecule has 0 radical (unpaired) electrons. The molecule has 0 N–H and O–H groups in total. The quantitative estimate of drug-likeness (QED) is 0.430. The van der Waals surface area contributed by atoms with Crippen molar-refractivity contribution in [3.63, 3.8) is 0 Å². The summed E-state index contributed by atoms with van der Waals surface area (Å²) in [6.07, 6.45) is 2.46. The molecule has 74 valence electrons. The molecule has 0 fully saturated rings. The second-order valence-corrected chi connectivity index (χ2v) is 5.75. The van der Waals surface area contributed by atoms with E-state index < -0.39 is 0 Å². The van der Waals surface area contributed by atoms with E-state index in [2.05, 4.69) is 50.3 Å². The van der Waals surface area contributed by atoms with Crippen LogP contribution >= 0.6 is 22.6 Å². The molecule has 0 saturated carbocycles. The van der Waals surface area contributed by atoms with E-state index in [1.54, 1.807) is 0 Å². The molecular weight excluding hydrogens is 279 g/mol. The maximum Gasteiger partial charge on any atom is 0.146 e. The molecule has 0 saturated heterocycles. The minimum atomic E-state index is 0.0861. The molecular formula is C9H21IOSi. The first-order valence-corrected chi connectivity index (χ1v) is 6.75. The van der Waals surface area contributed by atoms with E-state index in [9.17, 15) is 0 Å². The van der Waals surface area contributed by atoms with Crippen molar-refractivity contribution in [2.45, 2.75) is 50.1 Å². The number of rotatable bonds is 5. The van der Waals surface area contributed by atoms with Gasteiger partial charge in [0.25, 0.3) is 0 Å². The van der Waals surface area contributed by atoms with Crippen LogP contribution in [0, 0.1) is 5.92 Å². The second-order valence-electron chi connectivity index (χ2n) is 3.75. The molecule has 0 aromatic rings. The first-order chi connectivity index (χ1) is 5.49. The molecule has 2 unspecified atom stereocenters. The van der Waals surface area contributed by atoms with Crippen molar-refractivity contribution in [1.82, 2.24) is 0 Å². The van der Waals surface area contributed by atoms with Gasteiger partial charge in [0.1, 0.15) is 10.5 Å². The van der Waals surface area contributed by atoms with Crippen LogP contribution in [0.25, 0.3) is 0 Å². The van der Waals surface area contributed by atoms with Gasteiger partial charge < -0.3 is 4.43 Å². The molecule has 0 aromatic heterocycles. The summed E-state index contributed by atoms with van der Waals surface area (Å²) in [5.41, 5.74) is 0.0861. The Hall–Kier alpha value is 0.907. The van der Waals surface area contributed by atoms with Crippen molar-refractivity contribution in [2.75, 3.05) is 0 Å². The average molecular weight is 300 g/mol. The zero-order valence-corrected chi connectivity index (χ0v) is 13.0. The molecule has 12 heavy (non-hydrogen) atoms. The van der Waals surface area contributed by atoms with Crippen LogP contribution in [-0.2, 0) is 4.43 Å². The fourth-order valence-electron chi connectivity index (χ4n) is 1.62. The third-order valence-electron chi connectivity index (χ3n) is 2.69. The molecule has 0 aliphatic carbocycles. The molecule has 2 atom stereocenters. The summed E-state index contributed by atoms with van der Waals surface area (Å²) in [6, 6.07) is 0. The monoisotopic (exact) mass is 300 g/mol. The minimum Gasteiger partial charge on any atom is -0.423 e. The van der Waals surface area contributed by atoms with Gasteiger partial charge in [0, 0.05) is 3.92 Å². The maximum absolute atomic E-state index is 5.65. The van der Waals surface area contributed by atoms with Gasteiger partial charge in [-0.15, -0.1) is 0 Å². The lowest BCUT2D eigenvalue weighted by Gasteiger charge is -2.36. The van der Waals surface area contributed by atoms with E-state index in [4.69, 9.17) is 4.43 Å². The predicted octanol–water partition coefficient (Wildman–Crippen LogP) is 2.30. The van der Waals surface area contributed by atoms with Crippen LogP contribution in [0.2, 0.25) is 0 Å². The van der Waals surface area contributed by atoms with E-state index in [-0.39, 0.29) is 5.60 Å². The molecule has 0 heterocycles. The van der Waals surface area contributed by atoms with Gasteiger partial charge in [-0.05, 0) is 32.6 Å². The summed E-state index contributed by atoms with van der Waals surface area (Å²) in [7, 11) is 0.845. The molecule has 0 spiro atoms. The van der Waals surface area contributed by atoms with E-state index in [1.807, 2.05) is 0 Å². The normalized spacial score (nSPS) is 17.8. The Labute approximate surface area is 93.3 Å². The highest BCUT2D eigenvalue weighted by molar-refractivity contribution is 14.1. The topological polar surface area (TPSA) is 9.23 Å². The first kappa shape index (κ1) is 12.9. The van der Waals surface area contributed by atoms with Crippen LogP contribution in [0.3, 0.4) is 0 Å². The van der Waals surface area contributed by atoms with Crippen molar-refractivity contribution in [3.05, 3.63) is 0 Å². The number of alkyl halides is 1. The highest BCUT2D eigenvalue weighted by Gasteiger charge is 2.31. The highest BCUT2D eigenvalue weighted by Crippen LogP contribution is 2.32. The van der Waals surface area contributed by atoms with Gasteiger partial charge in [-0.3, -0.25) is 0 Å². The summed E-state index contributed by atoms with van der Waals surface area (Å²) in [5, 5.41) is 0. The maximum atomic E-state index is 5.65. The van der Waals surface area contributed by atoms with Crippen LogP contribution in [0.1, 0.15) is 40.5 Å². The largest absolute Gasteiger partial charge is 0.423 e. The van der Waals surface area contributed by atoms with Crippen molar-refractivity contribution in [1.29, 1.82) is 0 Å². The van der Waals surface area contributed by atoms with E-state index >= 15 is 0 Å².